The molecule has 5 heteroatoms. The molecule has 0 bridgehead atoms. The molecular weight excluding hydrogens is 284 g/mol. The van der Waals surface area contributed by atoms with Gasteiger partial charge in [0.05, 0.1) is 4.90 Å². The van der Waals surface area contributed by atoms with Crippen molar-refractivity contribution in [1.82, 2.24) is 4.31 Å². The minimum atomic E-state index is -3.46. The largest absolute Gasteiger partial charge is 0.399 e. The molecule has 0 aliphatic heterocycles. The predicted octanol–water partition coefficient (Wildman–Crippen LogP) is 3.35. The van der Waals surface area contributed by atoms with E-state index < -0.39 is 10.0 Å². The van der Waals surface area contributed by atoms with E-state index in [-0.39, 0.29) is 4.90 Å². The van der Waals surface area contributed by atoms with E-state index in [4.69, 9.17) is 5.73 Å². The summed E-state index contributed by atoms with van der Waals surface area (Å²) in [5.74, 6) is 0.949. The summed E-state index contributed by atoms with van der Waals surface area (Å²) in [7, 11) is -3.46. The van der Waals surface area contributed by atoms with Crippen molar-refractivity contribution in [2.45, 2.75) is 45.4 Å². The zero-order valence-corrected chi connectivity index (χ0v) is 14.4. The average molecular weight is 312 g/mol. The molecule has 0 aliphatic carbocycles. The number of anilines is 1. The first-order valence-electron chi connectivity index (χ1n) is 7.59. The van der Waals surface area contributed by atoms with E-state index in [9.17, 15) is 8.42 Å². The van der Waals surface area contributed by atoms with Gasteiger partial charge >= 0.3 is 0 Å². The molecule has 0 atom stereocenters. The Labute approximate surface area is 129 Å². The van der Waals surface area contributed by atoms with Crippen molar-refractivity contribution >= 4 is 15.7 Å². The van der Waals surface area contributed by atoms with Crippen LogP contribution in [0.5, 0.6) is 0 Å². The molecule has 120 valence electrons. The predicted molar refractivity (Wildman–Crippen MR) is 88.5 cm³/mol. The molecule has 1 rings (SSSR count). The van der Waals surface area contributed by atoms with Gasteiger partial charge in [-0.05, 0) is 42.9 Å². The number of nitrogen functional groups attached to an aromatic ring is 1. The summed E-state index contributed by atoms with van der Waals surface area (Å²) >= 11 is 0. The Balaban J connectivity index is 2.98. The quantitative estimate of drug-likeness (QED) is 0.749. The van der Waals surface area contributed by atoms with E-state index in [1.165, 1.54) is 6.07 Å². The molecule has 0 aliphatic rings. The second-order valence-corrected chi connectivity index (χ2v) is 8.28. The Bertz CT molecular complexity index is 527. The molecule has 0 spiro atoms. The minimum Gasteiger partial charge on any atom is -0.399 e. The van der Waals surface area contributed by atoms with Gasteiger partial charge < -0.3 is 5.73 Å². The zero-order valence-electron chi connectivity index (χ0n) is 13.5. The first kappa shape index (κ1) is 18.0. The summed E-state index contributed by atoms with van der Waals surface area (Å²) in [6, 6.07) is 6.54. The number of hydrogen-bond acceptors (Lipinski definition) is 3. The Hall–Kier alpha value is -1.07. The van der Waals surface area contributed by atoms with Crippen molar-refractivity contribution in [1.29, 1.82) is 0 Å². The zero-order chi connectivity index (χ0) is 16.0. The third kappa shape index (κ3) is 5.67. The van der Waals surface area contributed by atoms with Crippen LogP contribution in [0.15, 0.2) is 29.2 Å². The van der Waals surface area contributed by atoms with E-state index >= 15 is 0 Å². The molecule has 0 saturated carbocycles. The molecule has 1 aromatic carbocycles. The molecule has 4 nitrogen and oxygen atoms in total. The lowest BCUT2D eigenvalue weighted by Crippen LogP contribution is -2.34. The fourth-order valence-corrected chi connectivity index (χ4v) is 3.51. The Morgan fingerprint density at radius 1 is 1.05 bits per heavy atom. The van der Waals surface area contributed by atoms with Gasteiger partial charge in [0.1, 0.15) is 0 Å². The van der Waals surface area contributed by atoms with Crippen molar-refractivity contribution < 1.29 is 8.42 Å². The van der Waals surface area contributed by atoms with Crippen molar-refractivity contribution in [3.8, 4) is 0 Å². The number of nitrogens with two attached hydrogens (primary N) is 1. The highest BCUT2D eigenvalue weighted by Gasteiger charge is 2.24. The highest BCUT2D eigenvalue weighted by atomic mass is 32.2. The molecule has 0 fully saturated rings. The molecule has 1 aromatic rings. The molecule has 0 unspecified atom stereocenters. The lowest BCUT2D eigenvalue weighted by molar-refractivity contribution is 0.357. The first-order chi connectivity index (χ1) is 9.73. The van der Waals surface area contributed by atoms with Gasteiger partial charge in [-0.15, -0.1) is 0 Å². The van der Waals surface area contributed by atoms with Crippen LogP contribution in [-0.2, 0) is 10.0 Å². The Kier molecular flexibility index (Phi) is 6.68. The maximum Gasteiger partial charge on any atom is 0.243 e. The maximum atomic E-state index is 12.8. The maximum absolute atomic E-state index is 12.8. The normalized spacial score (nSPS) is 12.5. The summed E-state index contributed by atoms with van der Waals surface area (Å²) in [4.78, 5) is 0.287. The van der Waals surface area contributed by atoms with Crippen molar-refractivity contribution in [2.24, 2.45) is 11.8 Å². The second-order valence-electron chi connectivity index (χ2n) is 6.34. The number of nitrogens with zero attached hydrogens (tertiary/aromatic N) is 1. The van der Waals surface area contributed by atoms with Gasteiger partial charge in [-0.3, -0.25) is 0 Å². The van der Waals surface area contributed by atoms with E-state index in [1.54, 1.807) is 22.5 Å². The van der Waals surface area contributed by atoms with Crippen LogP contribution in [0, 0.1) is 11.8 Å². The summed E-state index contributed by atoms with van der Waals surface area (Å²) in [5.41, 5.74) is 6.19. The smallest absolute Gasteiger partial charge is 0.243 e. The van der Waals surface area contributed by atoms with Crippen LogP contribution in [0.25, 0.3) is 0 Å². The lowest BCUT2D eigenvalue weighted by atomic mass is 10.1. The average Bonchev–Trinajstić information content (AvgIpc) is 2.37. The van der Waals surface area contributed by atoms with Crippen LogP contribution in [0.4, 0.5) is 5.69 Å². The molecule has 0 saturated heterocycles. The van der Waals surface area contributed by atoms with Crippen LogP contribution in [0.3, 0.4) is 0 Å². The summed E-state index contributed by atoms with van der Waals surface area (Å²) in [6.45, 7) is 9.53. The third-order valence-corrected chi connectivity index (χ3v) is 5.30. The van der Waals surface area contributed by atoms with E-state index in [1.807, 2.05) is 0 Å². The van der Waals surface area contributed by atoms with Crippen LogP contribution < -0.4 is 5.73 Å². The van der Waals surface area contributed by atoms with Gasteiger partial charge in [-0.25, -0.2) is 8.42 Å². The SMILES string of the molecule is CC(C)CCN(CCC(C)C)S(=O)(=O)c1cccc(N)c1. The number of hydrogen-bond donors (Lipinski definition) is 1. The molecule has 0 amide bonds. The molecule has 2 N–H and O–H groups in total. The topological polar surface area (TPSA) is 63.4 Å². The van der Waals surface area contributed by atoms with Crippen LogP contribution in [0.2, 0.25) is 0 Å². The van der Waals surface area contributed by atoms with Crippen molar-refractivity contribution in [3.63, 3.8) is 0 Å². The highest BCUT2D eigenvalue weighted by Crippen LogP contribution is 2.20. The van der Waals surface area contributed by atoms with E-state index in [0.717, 1.165) is 12.8 Å². The number of benzene rings is 1. The summed E-state index contributed by atoms with van der Waals surface area (Å²) in [5, 5.41) is 0. The van der Waals surface area contributed by atoms with Gasteiger partial charge in [0.15, 0.2) is 0 Å². The van der Waals surface area contributed by atoms with Gasteiger partial charge in [0.25, 0.3) is 0 Å². The molecule has 0 aromatic heterocycles. The van der Waals surface area contributed by atoms with Gasteiger partial charge in [-0.1, -0.05) is 33.8 Å². The van der Waals surface area contributed by atoms with Crippen LogP contribution >= 0.6 is 0 Å². The summed E-state index contributed by atoms with van der Waals surface area (Å²) < 4.78 is 27.2. The van der Waals surface area contributed by atoms with Crippen LogP contribution in [0.1, 0.15) is 40.5 Å². The van der Waals surface area contributed by atoms with Gasteiger partial charge in [-0.2, -0.15) is 4.31 Å². The first-order valence-corrected chi connectivity index (χ1v) is 9.03. The monoisotopic (exact) mass is 312 g/mol. The van der Waals surface area contributed by atoms with Crippen molar-refractivity contribution in [3.05, 3.63) is 24.3 Å². The number of sulfonamides is 1. The van der Waals surface area contributed by atoms with E-state index in [0.29, 0.717) is 30.6 Å². The molecule has 0 radical (unpaired) electrons. The van der Waals surface area contributed by atoms with Gasteiger partial charge in [0, 0.05) is 18.8 Å². The Morgan fingerprint density at radius 2 is 1.57 bits per heavy atom. The molecular formula is C16H28N2O2S. The minimum absolute atomic E-state index is 0.287. The lowest BCUT2D eigenvalue weighted by Gasteiger charge is -2.24. The van der Waals surface area contributed by atoms with Gasteiger partial charge in [0.2, 0.25) is 10.0 Å². The van der Waals surface area contributed by atoms with E-state index in [2.05, 4.69) is 27.7 Å². The third-order valence-electron chi connectivity index (χ3n) is 3.41. The fraction of sp³-hybridized carbons (Fsp3) is 0.625. The van der Waals surface area contributed by atoms with Crippen molar-refractivity contribution in [2.75, 3.05) is 18.8 Å². The Morgan fingerprint density at radius 3 is 2.00 bits per heavy atom. The summed E-state index contributed by atoms with van der Waals surface area (Å²) in [6.07, 6.45) is 1.72. The standard InChI is InChI=1S/C16H28N2O2S/c1-13(2)8-10-18(11-9-14(3)4)21(19,20)16-7-5-6-15(17)12-16/h5-7,12-14H,8-11,17H2,1-4H3. The number of rotatable bonds is 8. The highest BCUT2D eigenvalue weighted by molar-refractivity contribution is 7.89. The fourth-order valence-electron chi connectivity index (χ4n) is 1.98. The second kappa shape index (κ2) is 7.80. The molecule has 21 heavy (non-hydrogen) atoms. The molecule has 0 heterocycles. The van der Waals surface area contributed by atoms with Crippen LogP contribution in [-0.4, -0.2) is 25.8 Å².